The van der Waals surface area contributed by atoms with Crippen molar-refractivity contribution < 1.29 is 18.7 Å². The molecule has 1 fully saturated rings. The number of ether oxygens (including phenoxy) is 1. The van der Waals surface area contributed by atoms with Gasteiger partial charge in [0.1, 0.15) is 24.2 Å². The quantitative estimate of drug-likeness (QED) is 0.794. The summed E-state index contributed by atoms with van der Waals surface area (Å²) in [5, 5.41) is 0. The minimum atomic E-state index is -0.622. The van der Waals surface area contributed by atoms with E-state index < -0.39 is 6.04 Å². The Hall–Kier alpha value is -2.96. The number of pyridine rings is 1. The van der Waals surface area contributed by atoms with E-state index in [4.69, 9.17) is 4.74 Å². The van der Waals surface area contributed by atoms with Gasteiger partial charge in [0.15, 0.2) is 0 Å². The maximum Gasteiger partial charge on any atom is 0.245 e. The predicted molar refractivity (Wildman–Crippen MR) is 102 cm³/mol. The lowest BCUT2D eigenvalue weighted by molar-refractivity contribution is -0.156. The van der Waals surface area contributed by atoms with Gasteiger partial charge < -0.3 is 14.5 Å². The Bertz CT molecular complexity index is 916. The Morgan fingerprint density at radius 1 is 1.25 bits per heavy atom. The second kappa shape index (κ2) is 7.96. The van der Waals surface area contributed by atoms with Gasteiger partial charge in [0.25, 0.3) is 0 Å². The lowest BCUT2D eigenvalue weighted by Gasteiger charge is -2.38. The molecule has 0 saturated carbocycles. The number of halogens is 1. The van der Waals surface area contributed by atoms with Crippen LogP contribution in [0, 0.1) is 19.7 Å². The number of nitrogens with zero attached hydrogens (tertiary/aromatic N) is 3. The topological polar surface area (TPSA) is 62.7 Å². The number of hydrogen-bond acceptors (Lipinski definition) is 4. The van der Waals surface area contributed by atoms with Crippen LogP contribution < -0.4 is 4.74 Å². The maximum atomic E-state index is 13.4. The van der Waals surface area contributed by atoms with Crippen LogP contribution >= 0.6 is 0 Å². The molecule has 1 aromatic carbocycles. The molecule has 1 aromatic heterocycles. The second-order valence-electron chi connectivity index (χ2n) is 7.07. The van der Waals surface area contributed by atoms with Crippen LogP contribution in [-0.2, 0) is 22.7 Å². The molecule has 0 N–H and O–H groups in total. The van der Waals surface area contributed by atoms with Crippen LogP contribution in [0.15, 0.2) is 30.5 Å². The van der Waals surface area contributed by atoms with Gasteiger partial charge >= 0.3 is 0 Å². The number of benzene rings is 1. The van der Waals surface area contributed by atoms with Crippen molar-refractivity contribution in [1.29, 1.82) is 0 Å². The van der Waals surface area contributed by atoms with E-state index >= 15 is 0 Å². The zero-order valence-corrected chi connectivity index (χ0v) is 16.5. The number of carbonyl (C=O) groups is 2. The van der Waals surface area contributed by atoms with Crippen molar-refractivity contribution in [2.45, 2.75) is 39.9 Å². The smallest absolute Gasteiger partial charge is 0.245 e. The van der Waals surface area contributed by atoms with E-state index in [0.717, 1.165) is 16.9 Å². The zero-order chi connectivity index (χ0) is 20.4. The highest BCUT2D eigenvalue weighted by atomic mass is 19.1. The average molecular weight is 385 g/mol. The van der Waals surface area contributed by atoms with Gasteiger partial charge in [-0.3, -0.25) is 14.6 Å². The minimum Gasteiger partial charge on any atom is -0.496 e. The van der Waals surface area contributed by atoms with Crippen molar-refractivity contribution >= 4 is 11.8 Å². The molecule has 1 atom stereocenters. The standard InChI is InChI=1S/C21H24FN3O3/c1-13-9-23-18(14(2)20(13)28-4)11-25-15(3)21(27)24(12-19(25)26)10-16-6-5-7-17(22)8-16/h5-9,15H,10-12H2,1-4H3/t15-/m0/s1. The molecule has 1 aliphatic rings. The van der Waals surface area contributed by atoms with Crippen molar-refractivity contribution in [3.05, 3.63) is 58.7 Å². The molecular weight excluding hydrogens is 361 g/mol. The first-order valence-electron chi connectivity index (χ1n) is 9.13. The normalized spacial score (nSPS) is 17.2. The highest BCUT2D eigenvalue weighted by Crippen LogP contribution is 2.26. The van der Waals surface area contributed by atoms with Crippen LogP contribution in [0.25, 0.3) is 0 Å². The van der Waals surface area contributed by atoms with Gasteiger partial charge in [0, 0.05) is 23.9 Å². The molecule has 3 rings (SSSR count). The summed E-state index contributed by atoms with van der Waals surface area (Å²) in [6, 6.07) is 5.44. The third-order valence-corrected chi connectivity index (χ3v) is 5.12. The number of carbonyl (C=O) groups excluding carboxylic acids is 2. The Balaban J connectivity index is 1.77. The number of amides is 2. The van der Waals surface area contributed by atoms with Gasteiger partial charge in [-0.2, -0.15) is 0 Å². The molecule has 2 amide bonds. The summed E-state index contributed by atoms with van der Waals surface area (Å²) in [6.45, 7) is 5.91. The van der Waals surface area contributed by atoms with Gasteiger partial charge in [0.2, 0.25) is 11.8 Å². The van der Waals surface area contributed by atoms with E-state index in [2.05, 4.69) is 4.98 Å². The summed E-state index contributed by atoms with van der Waals surface area (Å²) in [7, 11) is 1.60. The fourth-order valence-corrected chi connectivity index (χ4v) is 3.55. The van der Waals surface area contributed by atoms with Gasteiger partial charge in [0.05, 0.1) is 19.3 Å². The Kier molecular flexibility index (Phi) is 5.63. The van der Waals surface area contributed by atoms with Gasteiger partial charge in [-0.25, -0.2) is 4.39 Å². The Morgan fingerprint density at radius 3 is 2.68 bits per heavy atom. The summed E-state index contributed by atoms with van der Waals surface area (Å²) in [4.78, 5) is 33.0. The Labute approximate surface area is 163 Å². The van der Waals surface area contributed by atoms with Crippen LogP contribution in [0.1, 0.15) is 29.3 Å². The molecule has 0 radical (unpaired) electrons. The highest BCUT2D eigenvalue weighted by Gasteiger charge is 2.37. The minimum absolute atomic E-state index is 0.0399. The number of methoxy groups -OCH3 is 1. The van der Waals surface area contributed by atoms with Crippen LogP contribution in [-0.4, -0.2) is 46.3 Å². The van der Waals surface area contributed by atoms with Crippen molar-refractivity contribution in [3.63, 3.8) is 0 Å². The van der Waals surface area contributed by atoms with E-state index in [-0.39, 0.29) is 37.3 Å². The summed E-state index contributed by atoms with van der Waals surface area (Å²) < 4.78 is 18.8. The van der Waals surface area contributed by atoms with E-state index in [0.29, 0.717) is 11.3 Å². The van der Waals surface area contributed by atoms with Crippen LogP contribution in [0.2, 0.25) is 0 Å². The van der Waals surface area contributed by atoms with Crippen molar-refractivity contribution in [1.82, 2.24) is 14.8 Å². The summed E-state index contributed by atoms with van der Waals surface area (Å²) >= 11 is 0. The maximum absolute atomic E-state index is 13.4. The van der Waals surface area contributed by atoms with Crippen LogP contribution in [0.5, 0.6) is 5.75 Å². The van der Waals surface area contributed by atoms with Crippen molar-refractivity contribution in [2.24, 2.45) is 0 Å². The van der Waals surface area contributed by atoms with E-state index in [1.165, 1.54) is 21.9 Å². The highest BCUT2D eigenvalue weighted by molar-refractivity contribution is 5.94. The molecule has 6 nitrogen and oxygen atoms in total. The first kappa shape index (κ1) is 19.8. The molecule has 7 heteroatoms. The SMILES string of the molecule is COc1c(C)cnc(CN2C(=O)CN(Cc3cccc(F)c3)C(=O)[C@@H]2C)c1C. The summed E-state index contributed by atoms with van der Waals surface area (Å²) in [5.41, 5.74) is 3.13. The lowest BCUT2D eigenvalue weighted by Crippen LogP contribution is -2.58. The molecule has 2 aromatic rings. The van der Waals surface area contributed by atoms with E-state index in [1.54, 1.807) is 32.4 Å². The number of aryl methyl sites for hydroxylation is 1. The molecular formula is C21H24FN3O3. The van der Waals surface area contributed by atoms with Crippen LogP contribution in [0.3, 0.4) is 0 Å². The largest absolute Gasteiger partial charge is 0.496 e. The monoisotopic (exact) mass is 385 g/mol. The predicted octanol–water partition coefficient (Wildman–Crippen LogP) is 2.61. The fourth-order valence-electron chi connectivity index (χ4n) is 3.55. The fraction of sp³-hybridized carbons (Fsp3) is 0.381. The second-order valence-corrected chi connectivity index (χ2v) is 7.07. The lowest BCUT2D eigenvalue weighted by atomic mass is 10.1. The molecule has 1 saturated heterocycles. The first-order chi connectivity index (χ1) is 13.3. The summed E-state index contributed by atoms with van der Waals surface area (Å²) in [6.07, 6.45) is 1.71. The molecule has 2 heterocycles. The number of rotatable bonds is 5. The van der Waals surface area contributed by atoms with Crippen LogP contribution in [0.4, 0.5) is 4.39 Å². The molecule has 28 heavy (non-hydrogen) atoms. The average Bonchev–Trinajstić information content (AvgIpc) is 2.65. The molecule has 0 bridgehead atoms. The first-order valence-corrected chi connectivity index (χ1v) is 9.13. The van der Waals surface area contributed by atoms with Gasteiger partial charge in [-0.1, -0.05) is 12.1 Å². The molecule has 0 unspecified atom stereocenters. The molecule has 1 aliphatic heterocycles. The zero-order valence-electron chi connectivity index (χ0n) is 16.5. The summed E-state index contributed by atoms with van der Waals surface area (Å²) in [5.74, 6) is 0.0452. The molecule has 0 aliphatic carbocycles. The Morgan fingerprint density at radius 2 is 2.00 bits per heavy atom. The van der Waals surface area contributed by atoms with Crippen molar-refractivity contribution in [2.75, 3.05) is 13.7 Å². The number of aromatic nitrogens is 1. The van der Waals surface area contributed by atoms with Gasteiger partial charge in [-0.05, 0) is 38.5 Å². The molecule has 148 valence electrons. The third-order valence-electron chi connectivity index (χ3n) is 5.12. The van der Waals surface area contributed by atoms with E-state index in [1.807, 2.05) is 13.8 Å². The number of hydrogen-bond donors (Lipinski definition) is 0. The van der Waals surface area contributed by atoms with E-state index in [9.17, 15) is 14.0 Å². The third kappa shape index (κ3) is 3.83. The van der Waals surface area contributed by atoms with Gasteiger partial charge in [-0.15, -0.1) is 0 Å². The number of piperazine rings is 1. The molecule has 0 spiro atoms. The van der Waals surface area contributed by atoms with Crippen molar-refractivity contribution in [3.8, 4) is 5.75 Å².